The van der Waals surface area contributed by atoms with Crippen LogP contribution in [0.25, 0.3) is 0 Å². The fraction of sp³-hybridized carbons (Fsp3) is 0.450. The van der Waals surface area contributed by atoms with Crippen molar-refractivity contribution < 1.29 is 19.1 Å². The van der Waals surface area contributed by atoms with Gasteiger partial charge >= 0.3 is 5.97 Å². The molecular weight excluding hydrogens is 354 g/mol. The normalized spacial score (nSPS) is 36.2. The second-order valence-corrected chi connectivity index (χ2v) is 8.21. The minimum Gasteiger partial charge on any atom is -0.425 e. The molecule has 3 fully saturated rings. The van der Waals surface area contributed by atoms with Crippen LogP contribution in [0.2, 0.25) is 5.02 Å². The Bertz CT molecular complexity index is 843. The molecule has 2 amide bonds. The van der Waals surface area contributed by atoms with Gasteiger partial charge in [-0.05, 0) is 60.8 Å². The lowest BCUT2D eigenvalue weighted by atomic mass is 9.63. The van der Waals surface area contributed by atoms with E-state index in [0.29, 0.717) is 22.6 Å². The highest BCUT2D eigenvalue weighted by atomic mass is 35.5. The van der Waals surface area contributed by atoms with Crippen molar-refractivity contribution in [2.75, 3.05) is 6.54 Å². The Morgan fingerprint density at radius 2 is 1.77 bits per heavy atom. The number of halogens is 1. The first-order valence-corrected chi connectivity index (χ1v) is 9.34. The Balaban J connectivity index is 1.32. The molecule has 5 aliphatic rings. The van der Waals surface area contributed by atoms with Gasteiger partial charge in [0, 0.05) is 5.02 Å². The molecule has 0 aromatic heterocycles. The molecule has 26 heavy (non-hydrogen) atoms. The summed E-state index contributed by atoms with van der Waals surface area (Å²) in [6.45, 7) is 1.48. The van der Waals surface area contributed by atoms with Crippen molar-refractivity contribution in [3.8, 4) is 5.75 Å². The number of ether oxygens (including phenoxy) is 1. The molecule has 134 valence electrons. The molecule has 5 nitrogen and oxygen atoms in total. The van der Waals surface area contributed by atoms with Gasteiger partial charge in [0.05, 0.1) is 11.8 Å². The Kier molecular flexibility index (Phi) is 3.35. The summed E-state index contributed by atoms with van der Waals surface area (Å²) >= 11 is 5.97. The van der Waals surface area contributed by atoms with Crippen molar-refractivity contribution in [3.63, 3.8) is 0 Å². The quantitative estimate of drug-likeness (QED) is 0.354. The number of esters is 1. The van der Waals surface area contributed by atoms with Crippen LogP contribution in [0.4, 0.5) is 0 Å². The molecule has 1 aromatic carbocycles. The molecule has 6 heteroatoms. The third kappa shape index (κ3) is 2.19. The van der Waals surface area contributed by atoms with Crippen LogP contribution in [-0.4, -0.2) is 29.2 Å². The topological polar surface area (TPSA) is 63.7 Å². The van der Waals surface area contributed by atoms with E-state index < -0.39 is 5.97 Å². The Hall–Kier alpha value is -2.14. The molecule has 2 bridgehead atoms. The van der Waals surface area contributed by atoms with Gasteiger partial charge in [-0.2, -0.15) is 0 Å². The number of benzene rings is 1. The van der Waals surface area contributed by atoms with Crippen LogP contribution in [-0.2, 0) is 14.4 Å². The molecule has 0 spiro atoms. The van der Waals surface area contributed by atoms with Crippen molar-refractivity contribution in [3.05, 3.63) is 40.9 Å². The summed E-state index contributed by atoms with van der Waals surface area (Å²) in [6.07, 6.45) is 5.35. The van der Waals surface area contributed by atoms with Crippen LogP contribution in [0.5, 0.6) is 5.75 Å². The molecule has 0 N–H and O–H groups in total. The number of carbonyl (C=O) groups excluding carboxylic acids is 3. The van der Waals surface area contributed by atoms with Crippen molar-refractivity contribution in [2.24, 2.45) is 35.5 Å². The molecule has 0 unspecified atom stereocenters. The van der Waals surface area contributed by atoms with E-state index in [1.54, 1.807) is 18.2 Å². The van der Waals surface area contributed by atoms with E-state index in [-0.39, 0.29) is 42.0 Å². The highest BCUT2D eigenvalue weighted by Crippen LogP contribution is 2.65. The molecule has 1 heterocycles. The maximum Gasteiger partial charge on any atom is 0.331 e. The van der Waals surface area contributed by atoms with Crippen LogP contribution in [0.3, 0.4) is 0 Å². The second-order valence-electron chi connectivity index (χ2n) is 7.80. The first-order chi connectivity index (χ1) is 12.5. The number of rotatable bonds is 3. The molecule has 6 rings (SSSR count). The number of hydrogen-bond donors (Lipinski definition) is 0. The summed E-state index contributed by atoms with van der Waals surface area (Å²) < 4.78 is 5.30. The predicted octanol–water partition coefficient (Wildman–Crippen LogP) is 2.61. The predicted molar refractivity (Wildman–Crippen MR) is 93.2 cm³/mol. The van der Waals surface area contributed by atoms with Crippen LogP contribution < -0.4 is 4.74 Å². The van der Waals surface area contributed by atoms with Gasteiger partial charge in [-0.25, -0.2) is 4.79 Å². The maximum absolute atomic E-state index is 12.8. The number of hydrogen-bond acceptors (Lipinski definition) is 4. The smallest absolute Gasteiger partial charge is 0.331 e. The highest BCUT2D eigenvalue weighted by Gasteiger charge is 2.67. The van der Waals surface area contributed by atoms with E-state index >= 15 is 0 Å². The lowest BCUT2D eigenvalue weighted by Crippen LogP contribution is -2.40. The minimum atomic E-state index is -0.613. The van der Waals surface area contributed by atoms with Crippen molar-refractivity contribution in [1.29, 1.82) is 0 Å². The number of amides is 2. The van der Waals surface area contributed by atoms with Crippen LogP contribution in [0.1, 0.15) is 12.0 Å². The lowest BCUT2D eigenvalue weighted by molar-refractivity contribution is -0.148. The number of likely N-dealkylation sites (tertiary alicyclic amines) is 1. The zero-order chi connectivity index (χ0) is 18.2. The summed E-state index contributed by atoms with van der Waals surface area (Å²) in [6, 6.07) is 4.90. The number of allylic oxidation sites excluding steroid dienone is 2. The van der Waals surface area contributed by atoms with Gasteiger partial charge in [-0.15, -0.1) is 0 Å². The van der Waals surface area contributed by atoms with Crippen molar-refractivity contribution in [2.45, 2.75) is 13.3 Å². The van der Waals surface area contributed by atoms with E-state index in [9.17, 15) is 14.4 Å². The Morgan fingerprint density at radius 1 is 1.15 bits per heavy atom. The summed E-state index contributed by atoms with van der Waals surface area (Å²) in [4.78, 5) is 39.1. The molecule has 1 aromatic rings. The van der Waals surface area contributed by atoms with Crippen LogP contribution >= 0.6 is 11.6 Å². The molecule has 0 radical (unpaired) electrons. The van der Waals surface area contributed by atoms with E-state index in [1.807, 2.05) is 6.92 Å². The third-order valence-electron chi connectivity index (χ3n) is 6.40. The summed E-state index contributed by atoms with van der Waals surface area (Å²) in [5.41, 5.74) is 0.790. The van der Waals surface area contributed by atoms with Gasteiger partial charge in [0.2, 0.25) is 11.8 Å². The third-order valence-corrected chi connectivity index (χ3v) is 6.83. The van der Waals surface area contributed by atoms with Gasteiger partial charge < -0.3 is 4.74 Å². The zero-order valence-electron chi connectivity index (χ0n) is 14.2. The lowest BCUT2D eigenvalue weighted by Gasteiger charge is -2.37. The van der Waals surface area contributed by atoms with E-state index in [2.05, 4.69) is 12.2 Å². The SMILES string of the molecule is Cc1cc(OC(=O)CN2C(=O)[C@H]3[C@@H]4C=C[C@H]([C@H]5C[C@H]45)[C@@H]3C2=O)ccc1Cl. The standard InChI is InChI=1S/C20H18ClNO4/c1-9-6-10(2-5-15(9)21)26-16(23)8-22-19(24)17-11-3-4-12(14-7-13(11)14)18(17)20(22)25/h2-6,11-14,17-18H,7-8H2,1H3/t11-,12-,13-,14-,17+,18+/m1/s1. The molecular formula is C20H18ClNO4. The number of nitrogens with zero attached hydrogens (tertiary/aromatic N) is 1. The average molecular weight is 372 g/mol. The number of aryl methyl sites for hydroxylation is 1. The average Bonchev–Trinajstić information content (AvgIpc) is 3.39. The fourth-order valence-electron chi connectivity index (χ4n) is 5.15. The molecule has 4 aliphatic carbocycles. The Morgan fingerprint density at radius 3 is 2.35 bits per heavy atom. The maximum atomic E-state index is 12.8. The van der Waals surface area contributed by atoms with Gasteiger partial charge in [-0.3, -0.25) is 14.5 Å². The summed E-state index contributed by atoms with van der Waals surface area (Å²) in [7, 11) is 0. The van der Waals surface area contributed by atoms with E-state index in [0.717, 1.165) is 16.9 Å². The monoisotopic (exact) mass is 371 g/mol. The first kappa shape index (κ1) is 16.1. The largest absolute Gasteiger partial charge is 0.425 e. The van der Waals surface area contributed by atoms with E-state index in [1.165, 1.54) is 0 Å². The van der Waals surface area contributed by atoms with Crippen LogP contribution in [0.15, 0.2) is 30.4 Å². The van der Waals surface area contributed by atoms with Gasteiger partial charge in [0.1, 0.15) is 12.3 Å². The zero-order valence-corrected chi connectivity index (χ0v) is 15.0. The van der Waals surface area contributed by atoms with Crippen molar-refractivity contribution >= 4 is 29.4 Å². The van der Waals surface area contributed by atoms with Crippen molar-refractivity contribution in [1.82, 2.24) is 4.90 Å². The minimum absolute atomic E-state index is 0.159. The molecule has 1 saturated heterocycles. The fourth-order valence-corrected chi connectivity index (χ4v) is 5.27. The van der Waals surface area contributed by atoms with Gasteiger partial charge in [-0.1, -0.05) is 23.8 Å². The Labute approximate surface area is 155 Å². The molecule has 2 saturated carbocycles. The summed E-state index contributed by atoms with van der Waals surface area (Å²) in [5.74, 6) is 0.159. The molecule has 6 atom stereocenters. The number of carbonyl (C=O) groups is 3. The van der Waals surface area contributed by atoms with Gasteiger partial charge in [0.25, 0.3) is 0 Å². The first-order valence-electron chi connectivity index (χ1n) is 8.96. The van der Waals surface area contributed by atoms with Gasteiger partial charge in [0.15, 0.2) is 0 Å². The molecule has 1 aliphatic heterocycles. The second kappa shape index (κ2) is 5.43. The van der Waals surface area contributed by atoms with Crippen LogP contribution in [0, 0.1) is 42.4 Å². The number of imide groups is 1. The highest BCUT2D eigenvalue weighted by molar-refractivity contribution is 6.31. The van der Waals surface area contributed by atoms with E-state index in [4.69, 9.17) is 16.3 Å². The summed E-state index contributed by atoms with van der Waals surface area (Å²) in [5, 5.41) is 0.584.